The molecule has 2 aromatic rings. The molecule has 4 heteroatoms. The monoisotopic (exact) mass is 288 g/mol. The lowest BCUT2D eigenvalue weighted by Crippen LogP contribution is -2.30. The molecule has 0 N–H and O–H groups in total. The van der Waals surface area contributed by atoms with E-state index in [1.807, 2.05) is 6.07 Å². The predicted molar refractivity (Wildman–Crippen MR) is 79.5 cm³/mol. The summed E-state index contributed by atoms with van der Waals surface area (Å²) in [6.07, 6.45) is 4.64. The van der Waals surface area contributed by atoms with Gasteiger partial charge in [0.05, 0.1) is 12.2 Å². The first-order valence-corrected chi connectivity index (χ1v) is 7.58. The van der Waals surface area contributed by atoms with Crippen molar-refractivity contribution < 1.29 is 8.81 Å². The molecule has 1 aliphatic heterocycles. The maximum absolute atomic E-state index is 13.2. The van der Waals surface area contributed by atoms with E-state index in [0.717, 1.165) is 30.2 Å². The maximum Gasteiger partial charge on any atom is 0.211 e. The van der Waals surface area contributed by atoms with Gasteiger partial charge in [-0.15, -0.1) is 0 Å². The quantitative estimate of drug-likeness (QED) is 0.853. The van der Waals surface area contributed by atoms with Crippen LogP contribution in [-0.4, -0.2) is 22.5 Å². The van der Waals surface area contributed by atoms with E-state index < -0.39 is 0 Å². The highest BCUT2D eigenvalue weighted by atomic mass is 19.1. The van der Waals surface area contributed by atoms with E-state index in [4.69, 9.17) is 4.42 Å². The fourth-order valence-electron chi connectivity index (χ4n) is 3.08. The van der Waals surface area contributed by atoms with Crippen molar-refractivity contribution in [2.24, 2.45) is 0 Å². The molecule has 112 valence electrons. The lowest BCUT2D eigenvalue weighted by Gasteiger charge is -2.25. The van der Waals surface area contributed by atoms with Gasteiger partial charge >= 0.3 is 0 Å². The van der Waals surface area contributed by atoms with Crippen LogP contribution in [0.2, 0.25) is 0 Å². The Kier molecular flexibility index (Phi) is 4.06. The van der Waals surface area contributed by atoms with Crippen molar-refractivity contribution in [2.75, 3.05) is 6.54 Å². The fraction of sp³-hybridized carbons (Fsp3) is 0.471. The first-order valence-electron chi connectivity index (χ1n) is 7.58. The maximum atomic E-state index is 13.2. The summed E-state index contributed by atoms with van der Waals surface area (Å²) < 4.78 is 19.1. The number of oxazole rings is 1. The summed E-state index contributed by atoms with van der Waals surface area (Å²) in [6.45, 7) is 5.51. The van der Waals surface area contributed by atoms with Crippen LogP contribution in [0.3, 0.4) is 0 Å². The molecule has 0 radical (unpaired) electrons. The second-order valence-corrected chi connectivity index (χ2v) is 5.96. The van der Waals surface area contributed by atoms with E-state index in [0.29, 0.717) is 12.5 Å². The minimum atomic E-state index is -0.214. The van der Waals surface area contributed by atoms with Crippen molar-refractivity contribution in [1.29, 1.82) is 0 Å². The molecular weight excluding hydrogens is 267 g/mol. The average Bonchev–Trinajstić information content (AvgIpc) is 3.06. The van der Waals surface area contributed by atoms with Crippen LogP contribution in [0.1, 0.15) is 49.9 Å². The number of hydrogen-bond donors (Lipinski definition) is 0. The zero-order valence-corrected chi connectivity index (χ0v) is 12.6. The van der Waals surface area contributed by atoms with Gasteiger partial charge in [0.15, 0.2) is 0 Å². The van der Waals surface area contributed by atoms with Crippen LogP contribution in [-0.2, 0) is 6.42 Å². The Hall–Kier alpha value is -1.68. The molecule has 0 bridgehead atoms. The van der Waals surface area contributed by atoms with Crippen LogP contribution >= 0.6 is 0 Å². The van der Waals surface area contributed by atoms with E-state index in [-0.39, 0.29) is 11.9 Å². The molecule has 1 aromatic carbocycles. The third-order valence-electron chi connectivity index (χ3n) is 4.08. The van der Waals surface area contributed by atoms with Gasteiger partial charge < -0.3 is 4.42 Å². The van der Waals surface area contributed by atoms with E-state index in [9.17, 15) is 4.39 Å². The van der Waals surface area contributed by atoms with Crippen molar-refractivity contribution in [3.8, 4) is 0 Å². The number of likely N-dealkylation sites (tertiary alicyclic amines) is 1. The van der Waals surface area contributed by atoms with Gasteiger partial charge in [0, 0.05) is 12.5 Å². The van der Waals surface area contributed by atoms with Crippen molar-refractivity contribution in [2.45, 2.75) is 45.2 Å². The van der Waals surface area contributed by atoms with E-state index in [1.54, 1.807) is 12.3 Å². The lowest BCUT2D eigenvalue weighted by molar-refractivity contribution is 0.178. The van der Waals surface area contributed by atoms with Crippen molar-refractivity contribution in [3.63, 3.8) is 0 Å². The molecule has 1 aliphatic rings. The topological polar surface area (TPSA) is 29.3 Å². The van der Waals surface area contributed by atoms with Crippen LogP contribution in [0.5, 0.6) is 0 Å². The number of aromatic nitrogens is 1. The van der Waals surface area contributed by atoms with Crippen LogP contribution in [0.4, 0.5) is 4.39 Å². The highest BCUT2D eigenvalue weighted by Gasteiger charge is 2.31. The molecule has 0 spiro atoms. The molecule has 1 atom stereocenters. The smallest absolute Gasteiger partial charge is 0.211 e. The second-order valence-electron chi connectivity index (χ2n) is 5.96. The summed E-state index contributed by atoms with van der Waals surface area (Å²) in [4.78, 5) is 6.88. The number of rotatable bonds is 4. The highest BCUT2D eigenvalue weighted by molar-refractivity contribution is 5.21. The summed E-state index contributed by atoms with van der Waals surface area (Å²) in [7, 11) is 0. The molecule has 0 unspecified atom stereocenters. The van der Waals surface area contributed by atoms with E-state index >= 15 is 0 Å². The Labute approximate surface area is 124 Å². The molecule has 3 rings (SSSR count). The molecule has 1 fully saturated rings. The van der Waals surface area contributed by atoms with Gasteiger partial charge in [0.2, 0.25) is 5.89 Å². The van der Waals surface area contributed by atoms with E-state index in [1.165, 1.54) is 18.6 Å². The third kappa shape index (κ3) is 3.16. The molecule has 21 heavy (non-hydrogen) atoms. The summed E-state index contributed by atoms with van der Waals surface area (Å²) in [6, 6.07) is 7.40. The normalized spacial score (nSPS) is 19.5. The van der Waals surface area contributed by atoms with Gasteiger partial charge in [-0.2, -0.15) is 0 Å². The van der Waals surface area contributed by atoms with Gasteiger partial charge in [-0.3, -0.25) is 4.90 Å². The Balaban J connectivity index is 1.74. The van der Waals surface area contributed by atoms with Crippen molar-refractivity contribution >= 4 is 0 Å². The predicted octanol–water partition coefficient (Wildman–Crippen LogP) is 3.95. The Bertz CT molecular complexity index is 608. The first-order chi connectivity index (χ1) is 10.1. The van der Waals surface area contributed by atoms with Crippen molar-refractivity contribution in [3.05, 3.63) is 53.5 Å². The SMILES string of the molecule is CC(C)N1CCC[C@@H]1c1ncc(Cc2cccc(F)c2)o1. The largest absolute Gasteiger partial charge is 0.444 e. The molecular formula is C17H21FN2O. The van der Waals surface area contributed by atoms with Crippen LogP contribution in [0.15, 0.2) is 34.9 Å². The Morgan fingerprint density at radius 3 is 3.05 bits per heavy atom. The highest BCUT2D eigenvalue weighted by Crippen LogP contribution is 2.33. The minimum Gasteiger partial charge on any atom is -0.444 e. The van der Waals surface area contributed by atoms with Crippen LogP contribution < -0.4 is 0 Å². The zero-order chi connectivity index (χ0) is 14.8. The van der Waals surface area contributed by atoms with Crippen LogP contribution in [0.25, 0.3) is 0 Å². The van der Waals surface area contributed by atoms with Gasteiger partial charge in [-0.05, 0) is 50.9 Å². The number of halogens is 1. The van der Waals surface area contributed by atoms with E-state index in [2.05, 4.69) is 23.7 Å². The molecule has 1 aromatic heterocycles. The number of hydrogen-bond acceptors (Lipinski definition) is 3. The second kappa shape index (κ2) is 5.98. The third-order valence-corrected chi connectivity index (χ3v) is 4.08. The Morgan fingerprint density at radius 2 is 2.29 bits per heavy atom. The van der Waals surface area contributed by atoms with Gasteiger partial charge in [0.1, 0.15) is 11.6 Å². The fourth-order valence-corrected chi connectivity index (χ4v) is 3.08. The average molecular weight is 288 g/mol. The van der Waals surface area contributed by atoms with Crippen LogP contribution in [0, 0.1) is 5.82 Å². The van der Waals surface area contributed by atoms with Gasteiger partial charge in [-0.25, -0.2) is 9.37 Å². The van der Waals surface area contributed by atoms with Gasteiger partial charge in [-0.1, -0.05) is 12.1 Å². The molecule has 0 amide bonds. The summed E-state index contributed by atoms with van der Waals surface area (Å²) in [5.41, 5.74) is 0.907. The molecule has 0 saturated carbocycles. The Morgan fingerprint density at radius 1 is 1.43 bits per heavy atom. The van der Waals surface area contributed by atoms with Gasteiger partial charge in [0.25, 0.3) is 0 Å². The summed E-state index contributed by atoms with van der Waals surface area (Å²) in [5.74, 6) is 1.38. The number of nitrogens with zero attached hydrogens (tertiary/aromatic N) is 2. The summed E-state index contributed by atoms with van der Waals surface area (Å²) in [5, 5.41) is 0. The van der Waals surface area contributed by atoms with Crippen molar-refractivity contribution in [1.82, 2.24) is 9.88 Å². The minimum absolute atomic E-state index is 0.214. The molecule has 3 nitrogen and oxygen atoms in total. The summed E-state index contributed by atoms with van der Waals surface area (Å²) >= 11 is 0. The molecule has 0 aliphatic carbocycles. The standard InChI is InChI=1S/C17H21FN2O/c1-12(2)20-8-4-7-16(20)17-19-11-15(21-17)10-13-5-3-6-14(18)9-13/h3,5-6,9,11-12,16H,4,7-8,10H2,1-2H3/t16-/m1/s1. The first kappa shape index (κ1) is 14.3. The number of benzene rings is 1. The molecule has 2 heterocycles. The lowest BCUT2D eigenvalue weighted by atomic mass is 10.1. The zero-order valence-electron chi connectivity index (χ0n) is 12.6. The molecule has 1 saturated heterocycles.